The van der Waals surface area contributed by atoms with Crippen LogP contribution in [0.15, 0.2) is 77.3 Å². The molecule has 4 nitrogen and oxygen atoms in total. The average Bonchev–Trinajstić information content (AvgIpc) is 3.36. The topological polar surface area (TPSA) is 46.4 Å². The molecule has 0 spiro atoms. The fourth-order valence-electron chi connectivity index (χ4n) is 2.77. The molecule has 0 atom stereocenters. The van der Waals surface area contributed by atoms with Crippen molar-refractivity contribution in [2.75, 3.05) is 6.54 Å². The van der Waals surface area contributed by atoms with Gasteiger partial charge in [-0.3, -0.25) is 4.79 Å². The maximum Gasteiger partial charge on any atom is 0.251 e. The number of carbonyl (C=O) groups excluding carboxylic acids is 1. The SMILES string of the molecule is O=C(NCCc1cccs1)c1ccc(SCc2cn3ccccc3n2)cc1. The van der Waals surface area contributed by atoms with Crippen LogP contribution in [0.3, 0.4) is 0 Å². The molecule has 1 N–H and O–H groups in total. The monoisotopic (exact) mass is 393 g/mol. The van der Waals surface area contributed by atoms with Crippen LogP contribution in [0.25, 0.3) is 5.65 Å². The van der Waals surface area contributed by atoms with E-state index in [1.165, 1.54) is 4.88 Å². The van der Waals surface area contributed by atoms with Gasteiger partial charge in [-0.2, -0.15) is 0 Å². The van der Waals surface area contributed by atoms with Crippen molar-refractivity contribution in [3.8, 4) is 0 Å². The van der Waals surface area contributed by atoms with Gasteiger partial charge < -0.3 is 9.72 Å². The number of thiophene rings is 1. The van der Waals surface area contributed by atoms with Crippen LogP contribution >= 0.6 is 23.1 Å². The number of rotatable bonds is 7. The van der Waals surface area contributed by atoms with Crippen molar-refractivity contribution in [3.05, 3.63) is 88.5 Å². The minimum atomic E-state index is -0.0246. The van der Waals surface area contributed by atoms with Gasteiger partial charge >= 0.3 is 0 Å². The molecule has 6 heteroatoms. The Labute approximate surface area is 166 Å². The van der Waals surface area contributed by atoms with E-state index in [9.17, 15) is 4.79 Å². The summed E-state index contributed by atoms with van der Waals surface area (Å²) in [6.45, 7) is 0.656. The number of pyridine rings is 1. The molecule has 0 aliphatic heterocycles. The van der Waals surface area contributed by atoms with Crippen LogP contribution in [0.2, 0.25) is 0 Å². The zero-order valence-electron chi connectivity index (χ0n) is 14.7. The first-order valence-electron chi connectivity index (χ1n) is 8.74. The second kappa shape index (κ2) is 8.41. The molecule has 0 saturated heterocycles. The molecule has 4 rings (SSSR count). The number of nitrogens with one attached hydrogen (secondary N) is 1. The second-order valence-corrected chi connectivity index (χ2v) is 8.18. The van der Waals surface area contributed by atoms with Crippen molar-refractivity contribution >= 4 is 34.7 Å². The largest absolute Gasteiger partial charge is 0.352 e. The quantitative estimate of drug-likeness (QED) is 0.465. The lowest BCUT2D eigenvalue weighted by Crippen LogP contribution is -2.25. The molecule has 1 aromatic carbocycles. The van der Waals surface area contributed by atoms with Gasteiger partial charge in [0.05, 0.1) is 5.69 Å². The van der Waals surface area contributed by atoms with Crippen molar-refractivity contribution in [2.45, 2.75) is 17.1 Å². The van der Waals surface area contributed by atoms with Crippen LogP contribution in [0.4, 0.5) is 0 Å². The standard InChI is InChI=1S/C21H19N3OS2/c25-21(22-11-10-18-4-3-13-26-18)16-6-8-19(9-7-16)27-15-17-14-24-12-2-1-5-20(24)23-17/h1-9,12-14H,10-11,15H2,(H,22,25). The molecule has 3 heterocycles. The van der Waals surface area contributed by atoms with Gasteiger partial charge in [0.15, 0.2) is 0 Å². The summed E-state index contributed by atoms with van der Waals surface area (Å²) < 4.78 is 2.03. The molecular formula is C21H19N3OS2. The van der Waals surface area contributed by atoms with E-state index < -0.39 is 0 Å². The molecule has 0 aliphatic rings. The highest BCUT2D eigenvalue weighted by atomic mass is 32.2. The Hall–Kier alpha value is -2.57. The molecule has 0 bridgehead atoms. The van der Waals surface area contributed by atoms with Crippen molar-refractivity contribution in [1.29, 1.82) is 0 Å². The van der Waals surface area contributed by atoms with Crippen LogP contribution < -0.4 is 5.32 Å². The molecule has 0 fully saturated rings. The number of aromatic nitrogens is 2. The highest BCUT2D eigenvalue weighted by Gasteiger charge is 2.06. The van der Waals surface area contributed by atoms with Gasteiger partial charge in [-0.05, 0) is 54.3 Å². The summed E-state index contributed by atoms with van der Waals surface area (Å²) in [6.07, 6.45) is 4.93. The molecule has 0 radical (unpaired) electrons. The summed E-state index contributed by atoms with van der Waals surface area (Å²) in [5.41, 5.74) is 2.70. The lowest BCUT2D eigenvalue weighted by molar-refractivity contribution is 0.0954. The number of amides is 1. The van der Waals surface area contributed by atoms with Gasteiger partial charge in [0.2, 0.25) is 0 Å². The fourth-order valence-corrected chi connectivity index (χ4v) is 4.26. The van der Waals surface area contributed by atoms with E-state index in [-0.39, 0.29) is 5.91 Å². The van der Waals surface area contributed by atoms with Crippen molar-refractivity contribution in [3.63, 3.8) is 0 Å². The summed E-state index contributed by atoms with van der Waals surface area (Å²) in [5.74, 6) is 0.775. The fraction of sp³-hybridized carbons (Fsp3) is 0.143. The van der Waals surface area contributed by atoms with Crippen LogP contribution in [-0.4, -0.2) is 21.8 Å². The molecule has 0 unspecified atom stereocenters. The third-order valence-electron chi connectivity index (χ3n) is 4.15. The highest BCUT2D eigenvalue weighted by Crippen LogP contribution is 2.23. The first-order valence-corrected chi connectivity index (χ1v) is 10.6. The van der Waals surface area contributed by atoms with Crippen molar-refractivity contribution in [2.24, 2.45) is 0 Å². The number of benzene rings is 1. The van der Waals surface area contributed by atoms with E-state index in [0.29, 0.717) is 12.1 Å². The summed E-state index contributed by atoms with van der Waals surface area (Å²) in [7, 11) is 0. The number of thioether (sulfide) groups is 1. The Morgan fingerprint density at radius 2 is 2.00 bits per heavy atom. The Bertz CT molecular complexity index is 990. The number of hydrogen-bond acceptors (Lipinski definition) is 4. The molecular weight excluding hydrogens is 374 g/mol. The van der Waals surface area contributed by atoms with Crippen LogP contribution in [0.5, 0.6) is 0 Å². The van der Waals surface area contributed by atoms with Gasteiger partial charge in [0.25, 0.3) is 5.91 Å². The maximum absolute atomic E-state index is 12.2. The Morgan fingerprint density at radius 1 is 1.11 bits per heavy atom. The Kier molecular flexibility index (Phi) is 5.55. The minimum absolute atomic E-state index is 0.0246. The van der Waals surface area contributed by atoms with E-state index in [1.807, 2.05) is 59.1 Å². The van der Waals surface area contributed by atoms with E-state index in [1.54, 1.807) is 23.1 Å². The van der Waals surface area contributed by atoms with Gasteiger partial charge in [-0.25, -0.2) is 4.98 Å². The van der Waals surface area contributed by atoms with E-state index in [4.69, 9.17) is 0 Å². The minimum Gasteiger partial charge on any atom is -0.352 e. The van der Waals surface area contributed by atoms with Crippen LogP contribution in [0, 0.1) is 0 Å². The number of carbonyl (C=O) groups is 1. The average molecular weight is 394 g/mol. The summed E-state index contributed by atoms with van der Waals surface area (Å²) in [4.78, 5) is 19.3. The van der Waals surface area contributed by atoms with E-state index in [2.05, 4.69) is 27.9 Å². The Balaban J connectivity index is 1.29. The first-order chi connectivity index (χ1) is 13.3. The van der Waals surface area contributed by atoms with Gasteiger partial charge in [0, 0.05) is 40.0 Å². The zero-order chi connectivity index (χ0) is 18.5. The number of nitrogens with zero attached hydrogens (tertiary/aromatic N) is 2. The lowest BCUT2D eigenvalue weighted by Gasteiger charge is -2.05. The second-order valence-electron chi connectivity index (χ2n) is 6.10. The predicted molar refractivity (Wildman–Crippen MR) is 112 cm³/mol. The lowest BCUT2D eigenvalue weighted by atomic mass is 10.2. The van der Waals surface area contributed by atoms with Gasteiger partial charge in [0.1, 0.15) is 5.65 Å². The summed E-state index contributed by atoms with van der Waals surface area (Å²) >= 11 is 3.44. The van der Waals surface area contributed by atoms with Gasteiger partial charge in [-0.15, -0.1) is 23.1 Å². The molecule has 1 amide bonds. The zero-order valence-corrected chi connectivity index (χ0v) is 16.3. The number of hydrogen-bond donors (Lipinski definition) is 1. The molecule has 27 heavy (non-hydrogen) atoms. The molecule has 4 aromatic rings. The predicted octanol–water partition coefficient (Wildman–Crippen LogP) is 4.66. The molecule has 136 valence electrons. The number of fused-ring (bicyclic) bond motifs is 1. The van der Waals surface area contributed by atoms with E-state index >= 15 is 0 Å². The summed E-state index contributed by atoms with van der Waals surface area (Å²) in [5, 5.41) is 5.03. The third-order valence-corrected chi connectivity index (χ3v) is 6.14. The smallest absolute Gasteiger partial charge is 0.251 e. The molecule has 0 saturated carbocycles. The van der Waals surface area contributed by atoms with Crippen LogP contribution in [0.1, 0.15) is 20.9 Å². The Morgan fingerprint density at radius 3 is 2.78 bits per heavy atom. The van der Waals surface area contributed by atoms with E-state index in [0.717, 1.165) is 28.4 Å². The molecule has 3 aromatic heterocycles. The van der Waals surface area contributed by atoms with Crippen molar-refractivity contribution in [1.82, 2.24) is 14.7 Å². The maximum atomic E-state index is 12.2. The van der Waals surface area contributed by atoms with Crippen molar-refractivity contribution < 1.29 is 4.79 Å². The van der Waals surface area contributed by atoms with Gasteiger partial charge in [-0.1, -0.05) is 12.1 Å². The highest BCUT2D eigenvalue weighted by molar-refractivity contribution is 7.98. The molecule has 0 aliphatic carbocycles. The normalized spacial score (nSPS) is 11.0. The first kappa shape index (κ1) is 17.8. The van der Waals surface area contributed by atoms with Crippen LogP contribution in [-0.2, 0) is 12.2 Å². The summed E-state index contributed by atoms with van der Waals surface area (Å²) in [6, 6.07) is 17.9. The number of imidazole rings is 1. The third kappa shape index (κ3) is 4.59.